The second kappa shape index (κ2) is 11.6. The van der Waals surface area contributed by atoms with Crippen LogP contribution in [0.25, 0.3) is 11.0 Å². The van der Waals surface area contributed by atoms with E-state index in [1.54, 1.807) is 33.5 Å². The molecule has 9 heteroatoms. The molecule has 0 amide bonds. The van der Waals surface area contributed by atoms with Gasteiger partial charge in [-0.2, -0.15) is 0 Å². The van der Waals surface area contributed by atoms with Gasteiger partial charge >= 0.3 is 5.97 Å². The number of imidazole rings is 1. The molecule has 4 aromatic rings. The number of aromatic nitrogens is 2. The minimum atomic E-state index is -0.873. The van der Waals surface area contributed by atoms with E-state index < -0.39 is 5.97 Å². The predicted octanol–water partition coefficient (Wildman–Crippen LogP) is 4.77. The molecule has 194 valence electrons. The van der Waals surface area contributed by atoms with E-state index in [4.69, 9.17) is 28.8 Å². The van der Waals surface area contributed by atoms with Gasteiger partial charge in [0, 0.05) is 31.7 Å². The van der Waals surface area contributed by atoms with Gasteiger partial charge in [-0.3, -0.25) is 4.79 Å². The number of nitrogens with zero attached hydrogens (tertiary/aromatic N) is 2. The topological polar surface area (TPSA) is 101 Å². The van der Waals surface area contributed by atoms with Crippen LogP contribution >= 0.6 is 0 Å². The third kappa shape index (κ3) is 6.24. The van der Waals surface area contributed by atoms with Crippen LogP contribution in [0, 0.1) is 0 Å². The monoisotopic (exact) mass is 506 g/mol. The van der Waals surface area contributed by atoms with Crippen LogP contribution in [0.4, 0.5) is 0 Å². The van der Waals surface area contributed by atoms with Gasteiger partial charge in [0.1, 0.15) is 47.8 Å². The number of fused-ring (bicyclic) bond motifs is 1. The predicted molar refractivity (Wildman–Crippen MR) is 138 cm³/mol. The molecule has 0 fully saturated rings. The fraction of sp³-hybridized carbons (Fsp3) is 0.286. The highest BCUT2D eigenvalue weighted by Crippen LogP contribution is 2.30. The lowest BCUT2D eigenvalue weighted by molar-refractivity contribution is -0.136. The standard InChI is InChI=1S/C28H30N2O7/c1-30-25-14-20(33-2)8-9-24(25)29-27(30)17-36-21-7-5-19(6-10-28(31)32)26(15-21)37-16-18-11-22(34-3)13-23(12-18)35-4/h5,7-9,11-15H,6,10,16-17H2,1-4H3,(H,31,32). The first-order valence-electron chi connectivity index (χ1n) is 11.7. The molecule has 0 saturated carbocycles. The number of hydrogen-bond donors (Lipinski definition) is 1. The molecule has 0 aliphatic carbocycles. The molecule has 0 aliphatic heterocycles. The van der Waals surface area contributed by atoms with Crippen molar-refractivity contribution in [2.75, 3.05) is 21.3 Å². The summed E-state index contributed by atoms with van der Waals surface area (Å²) in [6.07, 6.45) is 0.325. The normalized spacial score (nSPS) is 10.8. The number of ether oxygens (including phenoxy) is 5. The van der Waals surface area contributed by atoms with Crippen molar-refractivity contribution < 1.29 is 33.6 Å². The number of aliphatic carboxylic acids is 1. The quantitative estimate of drug-likeness (QED) is 0.293. The maximum atomic E-state index is 11.2. The minimum Gasteiger partial charge on any atom is -0.497 e. The van der Waals surface area contributed by atoms with Gasteiger partial charge < -0.3 is 33.4 Å². The van der Waals surface area contributed by atoms with Gasteiger partial charge in [-0.05, 0) is 47.9 Å². The maximum Gasteiger partial charge on any atom is 0.303 e. The van der Waals surface area contributed by atoms with Crippen molar-refractivity contribution in [1.29, 1.82) is 0 Å². The molecule has 0 aliphatic rings. The lowest BCUT2D eigenvalue weighted by Crippen LogP contribution is -2.05. The second-order valence-electron chi connectivity index (χ2n) is 8.40. The van der Waals surface area contributed by atoms with E-state index in [1.165, 1.54) is 0 Å². The largest absolute Gasteiger partial charge is 0.497 e. The molecular weight excluding hydrogens is 476 g/mol. The molecule has 0 saturated heterocycles. The number of hydrogen-bond acceptors (Lipinski definition) is 7. The molecule has 9 nitrogen and oxygen atoms in total. The number of rotatable bonds is 12. The minimum absolute atomic E-state index is 0.00708. The molecular formula is C28H30N2O7. The van der Waals surface area contributed by atoms with Crippen molar-refractivity contribution in [3.8, 4) is 28.7 Å². The Morgan fingerprint density at radius 2 is 1.54 bits per heavy atom. The number of carbonyl (C=O) groups is 1. The van der Waals surface area contributed by atoms with Crippen molar-refractivity contribution in [3.05, 3.63) is 71.5 Å². The summed E-state index contributed by atoms with van der Waals surface area (Å²) in [5.41, 5.74) is 3.42. The molecule has 0 spiro atoms. The summed E-state index contributed by atoms with van der Waals surface area (Å²) in [6, 6.07) is 16.6. The lowest BCUT2D eigenvalue weighted by atomic mass is 10.1. The fourth-order valence-corrected chi connectivity index (χ4v) is 3.94. The number of carboxylic acid groups (broad SMARTS) is 1. The van der Waals surface area contributed by atoms with Crippen LogP contribution in [-0.2, 0) is 31.5 Å². The summed E-state index contributed by atoms with van der Waals surface area (Å²) in [5.74, 6) is 3.08. The summed E-state index contributed by atoms with van der Waals surface area (Å²) in [4.78, 5) is 15.8. The summed E-state index contributed by atoms with van der Waals surface area (Å²) in [7, 11) is 6.74. The molecule has 1 aromatic heterocycles. The zero-order valence-corrected chi connectivity index (χ0v) is 21.3. The Morgan fingerprint density at radius 1 is 0.838 bits per heavy atom. The van der Waals surface area contributed by atoms with Gasteiger partial charge in [-0.25, -0.2) is 4.98 Å². The molecule has 4 rings (SSSR count). The molecule has 0 unspecified atom stereocenters. The summed E-state index contributed by atoms with van der Waals surface area (Å²) in [5, 5.41) is 9.16. The van der Waals surface area contributed by atoms with Crippen LogP contribution in [0.5, 0.6) is 28.7 Å². The first kappa shape index (κ1) is 25.7. The van der Waals surface area contributed by atoms with Crippen LogP contribution in [0.2, 0.25) is 0 Å². The van der Waals surface area contributed by atoms with Crippen LogP contribution in [0.15, 0.2) is 54.6 Å². The third-order valence-corrected chi connectivity index (χ3v) is 6.00. The average Bonchev–Trinajstić information content (AvgIpc) is 3.23. The molecule has 1 heterocycles. The average molecular weight is 507 g/mol. The lowest BCUT2D eigenvalue weighted by Gasteiger charge is -2.15. The number of carboxylic acids is 1. The Hall–Kier alpha value is -4.40. The maximum absolute atomic E-state index is 11.2. The van der Waals surface area contributed by atoms with Crippen molar-refractivity contribution in [2.24, 2.45) is 7.05 Å². The molecule has 1 N–H and O–H groups in total. The first-order chi connectivity index (χ1) is 17.9. The molecule has 37 heavy (non-hydrogen) atoms. The van der Waals surface area contributed by atoms with Gasteiger partial charge in [0.15, 0.2) is 0 Å². The number of aryl methyl sites for hydroxylation is 2. The highest BCUT2D eigenvalue weighted by Gasteiger charge is 2.13. The summed E-state index contributed by atoms with van der Waals surface area (Å²) >= 11 is 0. The van der Waals surface area contributed by atoms with Crippen molar-refractivity contribution in [1.82, 2.24) is 9.55 Å². The summed E-state index contributed by atoms with van der Waals surface area (Å²) < 4.78 is 30.1. The molecule has 3 aromatic carbocycles. The molecule has 0 bridgehead atoms. The van der Waals surface area contributed by atoms with E-state index in [-0.39, 0.29) is 19.6 Å². The fourth-order valence-electron chi connectivity index (χ4n) is 3.94. The van der Waals surface area contributed by atoms with Gasteiger partial charge in [0.05, 0.1) is 32.4 Å². The van der Waals surface area contributed by atoms with E-state index in [9.17, 15) is 4.79 Å². The van der Waals surface area contributed by atoms with E-state index in [1.807, 2.05) is 54.1 Å². The summed E-state index contributed by atoms with van der Waals surface area (Å²) in [6.45, 7) is 0.484. The first-order valence-corrected chi connectivity index (χ1v) is 11.7. The Bertz CT molecular complexity index is 1370. The Labute approximate surface area is 215 Å². The number of methoxy groups -OCH3 is 3. The van der Waals surface area contributed by atoms with Gasteiger partial charge in [-0.1, -0.05) is 6.07 Å². The zero-order valence-electron chi connectivity index (χ0n) is 21.3. The van der Waals surface area contributed by atoms with Crippen molar-refractivity contribution in [2.45, 2.75) is 26.1 Å². The van der Waals surface area contributed by atoms with Gasteiger partial charge in [-0.15, -0.1) is 0 Å². The highest BCUT2D eigenvalue weighted by atomic mass is 16.5. The van der Waals surface area contributed by atoms with Crippen molar-refractivity contribution >= 4 is 17.0 Å². The van der Waals surface area contributed by atoms with Crippen LogP contribution in [0.3, 0.4) is 0 Å². The Balaban J connectivity index is 1.53. The molecule has 0 atom stereocenters. The highest BCUT2D eigenvalue weighted by molar-refractivity contribution is 5.77. The van der Waals surface area contributed by atoms with E-state index in [2.05, 4.69) is 4.98 Å². The van der Waals surface area contributed by atoms with Crippen LogP contribution < -0.4 is 23.7 Å². The molecule has 0 radical (unpaired) electrons. The smallest absolute Gasteiger partial charge is 0.303 e. The van der Waals surface area contributed by atoms with E-state index in [0.29, 0.717) is 29.4 Å². The third-order valence-electron chi connectivity index (χ3n) is 6.00. The van der Waals surface area contributed by atoms with Crippen LogP contribution in [-0.4, -0.2) is 42.0 Å². The SMILES string of the molecule is COc1cc(COc2cc(OCc3nc4ccc(OC)cc4n3C)ccc2CCC(=O)O)cc(OC)c1. The van der Waals surface area contributed by atoms with Crippen molar-refractivity contribution in [3.63, 3.8) is 0 Å². The van der Waals surface area contributed by atoms with Gasteiger partial charge in [0.25, 0.3) is 0 Å². The van der Waals surface area contributed by atoms with E-state index in [0.717, 1.165) is 33.7 Å². The van der Waals surface area contributed by atoms with E-state index >= 15 is 0 Å². The Morgan fingerprint density at radius 3 is 2.22 bits per heavy atom. The second-order valence-corrected chi connectivity index (χ2v) is 8.40. The Kier molecular flexibility index (Phi) is 8.02. The number of benzene rings is 3. The van der Waals surface area contributed by atoms with Crippen LogP contribution in [0.1, 0.15) is 23.4 Å². The zero-order chi connectivity index (χ0) is 26.4. The van der Waals surface area contributed by atoms with Gasteiger partial charge in [0.2, 0.25) is 0 Å².